The normalized spacial score (nSPS) is 14.3. The second-order valence-corrected chi connectivity index (χ2v) is 11.1. The second kappa shape index (κ2) is 11.8. The lowest BCUT2D eigenvalue weighted by molar-refractivity contribution is -0.123. The Bertz CT molecular complexity index is 1450. The molecule has 0 atom stereocenters. The minimum atomic E-state index is -0.546. The number of halogens is 3. The summed E-state index contributed by atoms with van der Waals surface area (Å²) in [5.41, 5.74) is 4.75. The third-order valence-corrected chi connectivity index (χ3v) is 7.67. The van der Waals surface area contributed by atoms with Crippen LogP contribution in [-0.2, 0) is 11.4 Å². The number of nitrogens with one attached hydrogen (secondary N) is 1. The Kier molecular flexibility index (Phi) is 8.73. The van der Waals surface area contributed by atoms with Crippen molar-refractivity contribution in [3.8, 4) is 11.5 Å². The molecule has 0 aliphatic carbocycles. The average molecular weight is 669 g/mol. The van der Waals surface area contributed by atoms with Crippen LogP contribution in [0.25, 0.3) is 6.08 Å². The molecule has 0 spiro atoms. The Morgan fingerprint density at radius 1 is 1.24 bits per heavy atom. The van der Waals surface area contributed by atoms with E-state index in [2.05, 4.69) is 28.0 Å². The minimum absolute atomic E-state index is 0.0295. The molecule has 3 aromatic rings. The highest BCUT2D eigenvalue weighted by Crippen LogP contribution is 2.37. The molecular weight excluding hydrogens is 650 g/mol. The topological polar surface area (TPSA) is 67.9 Å². The number of hydrazine groups is 1. The van der Waals surface area contributed by atoms with Gasteiger partial charge in [-0.15, -0.1) is 0 Å². The number of methoxy groups -OCH3 is 1. The maximum absolute atomic E-state index is 14.0. The van der Waals surface area contributed by atoms with E-state index in [0.29, 0.717) is 31.1 Å². The SMILES string of the molecule is COc1cc(/C=C2/SC(=S)N(NC(=O)c3ccc(C)cc3Cl)C2=O)cc(I)c1OCc1ccccc1F. The molecule has 0 saturated carbocycles. The van der Waals surface area contributed by atoms with Gasteiger partial charge < -0.3 is 9.47 Å². The largest absolute Gasteiger partial charge is 0.493 e. The number of carbonyl (C=O) groups is 2. The van der Waals surface area contributed by atoms with E-state index >= 15 is 0 Å². The van der Waals surface area contributed by atoms with Crippen molar-refractivity contribution in [3.63, 3.8) is 0 Å². The van der Waals surface area contributed by atoms with Gasteiger partial charge in [-0.05, 0) is 89.3 Å². The van der Waals surface area contributed by atoms with Crippen molar-refractivity contribution in [2.45, 2.75) is 13.5 Å². The van der Waals surface area contributed by atoms with E-state index in [9.17, 15) is 14.0 Å². The van der Waals surface area contributed by atoms with Gasteiger partial charge in [-0.3, -0.25) is 15.0 Å². The van der Waals surface area contributed by atoms with Gasteiger partial charge in [0, 0.05) is 5.56 Å². The monoisotopic (exact) mass is 668 g/mol. The molecule has 0 aromatic heterocycles. The highest BCUT2D eigenvalue weighted by molar-refractivity contribution is 14.1. The predicted molar refractivity (Wildman–Crippen MR) is 155 cm³/mol. The number of rotatable bonds is 7. The molecule has 6 nitrogen and oxygen atoms in total. The summed E-state index contributed by atoms with van der Waals surface area (Å²) in [4.78, 5) is 26.1. The van der Waals surface area contributed by atoms with E-state index in [0.717, 1.165) is 22.3 Å². The van der Waals surface area contributed by atoms with Crippen LogP contribution < -0.4 is 14.9 Å². The molecule has 37 heavy (non-hydrogen) atoms. The zero-order valence-electron chi connectivity index (χ0n) is 19.5. The summed E-state index contributed by atoms with van der Waals surface area (Å²) < 4.78 is 26.2. The predicted octanol–water partition coefficient (Wildman–Crippen LogP) is 6.53. The molecule has 1 N–H and O–H groups in total. The lowest BCUT2D eigenvalue weighted by atomic mass is 10.1. The summed E-state index contributed by atoms with van der Waals surface area (Å²) in [6.07, 6.45) is 1.65. The first-order valence-electron chi connectivity index (χ1n) is 10.8. The molecule has 0 bridgehead atoms. The molecule has 2 amide bonds. The number of thiocarbonyl (C=S) groups is 1. The number of hydrogen-bond acceptors (Lipinski definition) is 6. The van der Waals surface area contributed by atoms with Gasteiger partial charge in [-0.2, -0.15) is 5.01 Å². The van der Waals surface area contributed by atoms with Gasteiger partial charge in [0.25, 0.3) is 11.8 Å². The number of ether oxygens (including phenoxy) is 2. The average Bonchev–Trinajstić information content (AvgIpc) is 3.11. The van der Waals surface area contributed by atoms with Gasteiger partial charge in [-0.1, -0.05) is 47.6 Å². The molecule has 1 fully saturated rings. The molecule has 1 aliphatic rings. The quantitative estimate of drug-likeness (QED) is 0.176. The van der Waals surface area contributed by atoms with E-state index in [1.54, 1.807) is 54.6 Å². The van der Waals surface area contributed by atoms with E-state index in [1.807, 2.05) is 6.92 Å². The molecule has 3 aromatic carbocycles. The zero-order valence-corrected chi connectivity index (χ0v) is 24.1. The molecule has 0 unspecified atom stereocenters. The van der Waals surface area contributed by atoms with Crippen molar-refractivity contribution >= 4 is 80.4 Å². The van der Waals surface area contributed by atoms with Gasteiger partial charge in [0.2, 0.25) is 0 Å². The summed E-state index contributed by atoms with van der Waals surface area (Å²) in [7, 11) is 1.50. The minimum Gasteiger partial charge on any atom is -0.493 e. The van der Waals surface area contributed by atoms with Gasteiger partial charge in [0.15, 0.2) is 15.8 Å². The van der Waals surface area contributed by atoms with Gasteiger partial charge in [0.1, 0.15) is 12.4 Å². The highest BCUT2D eigenvalue weighted by Gasteiger charge is 2.34. The second-order valence-electron chi connectivity index (χ2n) is 7.86. The summed E-state index contributed by atoms with van der Waals surface area (Å²) in [6, 6.07) is 14.9. The summed E-state index contributed by atoms with van der Waals surface area (Å²) >= 11 is 14.7. The number of aryl methyl sites for hydroxylation is 1. The summed E-state index contributed by atoms with van der Waals surface area (Å²) in [5, 5.41) is 1.30. The fraction of sp³-hybridized carbons (Fsp3) is 0.115. The maximum atomic E-state index is 14.0. The van der Waals surface area contributed by atoms with Crippen LogP contribution in [0.3, 0.4) is 0 Å². The lowest BCUT2D eigenvalue weighted by Crippen LogP contribution is -2.44. The van der Waals surface area contributed by atoms with Crippen molar-refractivity contribution < 1.29 is 23.5 Å². The summed E-state index contributed by atoms with van der Waals surface area (Å²) in [6.45, 7) is 1.89. The van der Waals surface area contributed by atoms with Crippen molar-refractivity contribution in [2.75, 3.05) is 7.11 Å². The fourth-order valence-electron chi connectivity index (χ4n) is 3.41. The van der Waals surface area contributed by atoms with E-state index < -0.39 is 11.8 Å². The van der Waals surface area contributed by atoms with Gasteiger partial charge in [-0.25, -0.2) is 4.39 Å². The van der Waals surface area contributed by atoms with Crippen molar-refractivity contribution in [1.82, 2.24) is 10.4 Å². The van der Waals surface area contributed by atoms with Crippen LogP contribution >= 0.6 is 58.2 Å². The number of benzene rings is 3. The van der Waals surface area contributed by atoms with Crippen LogP contribution in [0.2, 0.25) is 5.02 Å². The maximum Gasteiger partial charge on any atom is 0.285 e. The van der Waals surface area contributed by atoms with Crippen LogP contribution in [0.1, 0.15) is 27.0 Å². The van der Waals surface area contributed by atoms with Gasteiger partial charge in [0.05, 0.1) is 26.2 Å². The summed E-state index contributed by atoms with van der Waals surface area (Å²) in [5.74, 6) is -0.493. The molecule has 190 valence electrons. The molecule has 1 saturated heterocycles. The molecule has 4 rings (SSSR count). The first kappa shape index (κ1) is 27.4. The van der Waals surface area contributed by atoms with E-state index in [-0.39, 0.29) is 27.3 Å². The number of hydrogen-bond donors (Lipinski definition) is 1. The Morgan fingerprint density at radius 3 is 2.70 bits per heavy atom. The first-order valence-corrected chi connectivity index (χ1v) is 13.4. The Morgan fingerprint density at radius 2 is 2.00 bits per heavy atom. The van der Waals surface area contributed by atoms with E-state index in [1.165, 1.54) is 13.2 Å². The third-order valence-electron chi connectivity index (χ3n) is 5.26. The smallest absolute Gasteiger partial charge is 0.285 e. The van der Waals surface area contributed by atoms with Gasteiger partial charge >= 0.3 is 0 Å². The number of carbonyl (C=O) groups excluding carboxylic acids is 2. The first-order chi connectivity index (χ1) is 17.7. The molecule has 11 heteroatoms. The third kappa shape index (κ3) is 6.25. The highest BCUT2D eigenvalue weighted by atomic mass is 127. The molecular formula is C26H19ClFIN2O4S2. The number of thioether (sulfide) groups is 1. The number of amides is 2. The van der Waals surface area contributed by atoms with Crippen molar-refractivity contribution in [1.29, 1.82) is 0 Å². The Balaban J connectivity index is 1.52. The van der Waals surface area contributed by atoms with E-state index in [4.69, 9.17) is 33.3 Å². The van der Waals surface area contributed by atoms with Crippen LogP contribution in [0, 0.1) is 16.3 Å². The molecule has 0 radical (unpaired) electrons. The van der Waals surface area contributed by atoms with Crippen LogP contribution in [0.5, 0.6) is 11.5 Å². The number of nitrogens with zero attached hydrogens (tertiary/aromatic N) is 1. The zero-order chi connectivity index (χ0) is 26.7. The molecule has 1 heterocycles. The van der Waals surface area contributed by atoms with Crippen molar-refractivity contribution in [2.24, 2.45) is 0 Å². The fourth-order valence-corrected chi connectivity index (χ4v) is 5.69. The van der Waals surface area contributed by atoms with Crippen LogP contribution in [0.4, 0.5) is 4.39 Å². The molecule has 1 aliphatic heterocycles. The standard InChI is InChI=1S/C26H19ClFIN2O4S2/c1-14-7-8-17(18(27)9-14)24(32)30-31-25(33)22(37-26(31)36)12-15-10-20(29)23(21(11-15)34-2)35-13-16-5-3-4-6-19(16)28/h3-12H,13H2,1-2H3,(H,30,32)/b22-12+. The lowest BCUT2D eigenvalue weighted by Gasteiger charge is -2.16. The Labute approximate surface area is 241 Å². The van der Waals surface area contributed by atoms with Crippen molar-refractivity contribution in [3.05, 3.63) is 96.2 Å². The van der Waals surface area contributed by atoms with Crippen LogP contribution in [0.15, 0.2) is 59.5 Å². The Hall–Kier alpha value is -2.67. The van der Waals surface area contributed by atoms with Crippen LogP contribution in [-0.4, -0.2) is 28.3 Å².